The number of allylic oxidation sites excluding steroid dienone is 4. The van der Waals surface area contributed by atoms with Crippen LogP contribution in [0.25, 0.3) is 0 Å². The van der Waals surface area contributed by atoms with Crippen LogP contribution in [0.3, 0.4) is 0 Å². The van der Waals surface area contributed by atoms with Crippen LogP contribution in [-0.4, -0.2) is 29.0 Å². The number of carbonyl (C=O) groups excluding carboxylic acids is 3. The molecule has 0 fully saturated rings. The molecule has 1 aliphatic heterocycles. The second-order valence-electron chi connectivity index (χ2n) is 9.26. The van der Waals surface area contributed by atoms with Crippen LogP contribution in [0.2, 0.25) is 10.0 Å². The lowest BCUT2D eigenvalue weighted by atomic mass is 9.70. The summed E-state index contributed by atoms with van der Waals surface area (Å²) < 4.78 is 6.21. The zero-order valence-electron chi connectivity index (χ0n) is 19.5. The molecule has 6 nitrogen and oxygen atoms in total. The maximum Gasteiger partial charge on any atom is 0.161 e. The van der Waals surface area contributed by atoms with E-state index in [-0.39, 0.29) is 24.7 Å². The van der Waals surface area contributed by atoms with Crippen LogP contribution >= 0.6 is 23.2 Å². The average Bonchev–Trinajstić information content (AvgIpc) is 2.85. The van der Waals surface area contributed by atoms with E-state index in [0.717, 1.165) is 5.56 Å². The number of nitrogens with zero attached hydrogens (tertiary/aromatic N) is 1. The van der Waals surface area contributed by atoms with Crippen molar-refractivity contribution in [1.82, 2.24) is 4.90 Å². The molecule has 0 saturated carbocycles. The van der Waals surface area contributed by atoms with Gasteiger partial charge in [-0.1, -0.05) is 35.3 Å². The summed E-state index contributed by atoms with van der Waals surface area (Å²) in [5.74, 6) is -1.56. The van der Waals surface area contributed by atoms with Gasteiger partial charge in [0.25, 0.3) is 0 Å². The van der Waals surface area contributed by atoms with Crippen molar-refractivity contribution in [2.45, 2.75) is 51.0 Å². The Labute approximate surface area is 219 Å². The molecule has 0 saturated heterocycles. The summed E-state index contributed by atoms with van der Waals surface area (Å²) in [5.41, 5.74) is 3.81. The van der Waals surface area contributed by atoms with Crippen LogP contribution in [0, 0.1) is 0 Å². The molecular weight excluding hydrogens is 501 g/mol. The van der Waals surface area contributed by atoms with Crippen LogP contribution in [-0.2, 0) is 21.0 Å². The van der Waals surface area contributed by atoms with Crippen LogP contribution < -0.4 is 9.84 Å². The predicted octanol–water partition coefficient (Wildman–Crippen LogP) is 4.74. The third kappa shape index (κ3) is 4.67. The van der Waals surface area contributed by atoms with E-state index in [0.29, 0.717) is 82.4 Å². The van der Waals surface area contributed by atoms with Crippen molar-refractivity contribution in [2.75, 3.05) is 6.54 Å². The molecule has 0 bridgehead atoms. The van der Waals surface area contributed by atoms with Gasteiger partial charge < -0.3 is 19.5 Å². The van der Waals surface area contributed by atoms with Gasteiger partial charge in [-0.05, 0) is 61.6 Å². The number of hydrogen-bond donors (Lipinski definition) is 0. The molecule has 0 amide bonds. The second-order valence-corrected chi connectivity index (χ2v) is 10.1. The second kappa shape index (κ2) is 10.1. The van der Waals surface area contributed by atoms with Gasteiger partial charge in [-0.3, -0.25) is 9.59 Å². The molecule has 0 unspecified atom stereocenters. The zero-order valence-corrected chi connectivity index (χ0v) is 21.0. The summed E-state index contributed by atoms with van der Waals surface area (Å²) in [6.45, 7) is -0.130. The Kier molecular flexibility index (Phi) is 6.91. The lowest BCUT2D eigenvalue weighted by molar-refractivity contribution is -0.305. The third-order valence-corrected chi connectivity index (χ3v) is 7.45. The number of ketones is 2. The van der Waals surface area contributed by atoms with E-state index >= 15 is 0 Å². The Hall–Kier alpha value is -3.09. The minimum absolute atomic E-state index is 0.0850. The molecule has 3 aliphatic rings. The zero-order chi connectivity index (χ0) is 25.4. The number of halogens is 2. The van der Waals surface area contributed by atoms with E-state index in [1.54, 1.807) is 35.2 Å². The number of carboxylic acids is 1. The number of carbonyl (C=O) groups is 3. The lowest BCUT2D eigenvalue weighted by Crippen LogP contribution is -2.44. The minimum atomic E-state index is -1.25. The van der Waals surface area contributed by atoms with Crippen molar-refractivity contribution in [2.24, 2.45) is 0 Å². The fraction of sp³-hybridized carbons (Fsp3) is 0.321. The quantitative estimate of drug-likeness (QED) is 0.542. The molecule has 0 spiro atoms. The number of carboxylic acid groups (broad SMARTS) is 1. The van der Waals surface area contributed by atoms with Gasteiger partial charge in [0, 0.05) is 56.9 Å². The molecule has 0 atom stereocenters. The number of Topliss-reactive ketones (excluding diaryl/α,β-unsaturated/α-hetero) is 2. The molecule has 2 aromatic carbocycles. The van der Waals surface area contributed by atoms with Crippen LogP contribution in [0.1, 0.15) is 55.6 Å². The monoisotopic (exact) mass is 524 g/mol. The van der Waals surface area contributed by atoms with E-state index in [2.05, 4.69) is 0 Å². The number of benzene rings is 2. The normalized spacial score (nSPS) is 18.3. The molecule has 2 aliphatic carbocycles. The van der Waals surface area contributed by atoms with Crippen molar-refractivity contribution in [3.8, 4) is 5.75 Å². The third-order valence-electron chi connectivity index (χ3n) is 6.96. The van der Waals surface area contributed by atoms with Crippen molar-refractivity contribution < 1.29 is 24.2 Å². The predicted molar refractivity (Wildman–Crippen MR) is 133 cm³/mol. The summed E-state index contributed by atoms with van der Waals surface area (Å²) in [4.78, 5) is 40.0. The molecular formula is C28H24Cl2NO5-. The van der Waals surface area contributed by atoms with Crippen LogP contribution in [0.15, 0.2) is 65.0 Å². The highest BCUT2D eigenvalue weighted by molar-refractivity contribution is 6.31. The van der Waals surface area contributed by atoms with Gasteiger partial charge in [0.2, 0.25) is 0 Å². The van der Waals surface area contributed by atoms with E-state index in [1.807, 2.05) is 12.1 Å². The Morgan fingerprint density at radius 2 is 1.47 bits per heavy atom. The summed E-state index contributed by atoms with van der Waals surface area (Å²) in [6, 6.07) is 12.5. The Balaban J connectivity index is 1.65. The molecule has 1 heterocycles. The average molecular weight is 525 g/mol. The topological polar surface area (TPSA) is 86.7 Å². The number of ether oxygens (including phenoxy) is 1. The minimum Gasteiger partial charge on any atom is -0.548 e. The van der Waals surface area contributed by atoms with Crippen molar-refractivity contribution in [3.05, 3.63) is 86.2 Å². The van der Waals surface area contributed by atoms with E-state index in [4.69, 9.17) is 27.9 Å². The summed E-state index contributed by atoms with van der Waals surface area (Å²) in [5, 5.41) is 12.7. The van der Waals surface area contributed by atoms with Gasteiger partial charge in [0.05, 0.1) is 12.5 Å². The Morgan fingerprint density at radius 3 is 2.06 bits per heavy atom. The van der Waals surface area contributed by atoms with E-state index < -0.39 is 11.9 Å². The van der Waals surface area contributed by atoms with Gasteiger partial charge in [0.1, 0.15) is 12.4 Å². The van der Waals surface area contributed by atoms with Crippen LogP contribution in [0.4, 0.5) is 0 Å². The van der Waals surface area contributed by atoms with Crippen LogP contribution in [0.5, 0.6) is 5.75 Å². The first kappa shape index (κ1) is 24.6. The highest BCUT2D eigenvalue weighted by Gasteiger charge is 2.44. The van der Waals surface area contributed by atoms with Gasteiger partial charge in [-0.15, -0.1) is 0 Å². The maximum atomic E-state index is 13.4. The molecule has 0 N–H and O–H groups in total. The number of aliphatic carboxylic acids is 1. The molecule has 36 heavy (non-hydrogen) atoms. The highest BCUT2D eigenvalue weighted by Crippen LogP contribution is 2.51. The SMILES string of the molecule is O=C([O-])CN1C2=C(C(=O)CCC2)C(c2cc(Cl)ccc2OCc2ccc(Cl)cc2)C2=C1CCCC2=O. The first-order chi connectivity index (χ1) is 17.3. The van der Waals surface area contributed by atoms with E-state index in [1.165, 1.54) is 0 Å². The van der Waals surface area contributed by atoms with Gasteiger partial charge in [0.15, 0.2) is 11.6 Å². The Morgan fingerprint density at radius 1 is 0.889 bits per heavy atom. The highest BCUT2D eigenvalue weighted by atomic mass is 35.5. The summed E-state index contributed by atoms with van der Waals surface area (Å²) in [6.07, 6.45) is 3.04. The molecule has 2 aromatic rings. The summed E-state index contributed by atoms with van der Waals surface area (Å²) >= 11 is 12.4. The fourth-order valence-corrected chi connectivity index (χ4v) is 5.77. The lowest BCUT2D eigenvalue weighted by Gasteiger charge is -2.44. The maximum absolute atomic E-state index is 13.4. The van der Waals surface area contributed by atoms with Crippen molar-refractivity contribution in [1.29, 1.82) is 0 Å². The van der Waals surface area contributed by atoms with Gasteiger partial charge >= 0.3 is 0 Å². The van der Waals surface area contributed by atoms with Gasteiger partial charge in [-0.25, -0.2) is 0 Å². The van der Waals surface area contributed by atoms with E-state index in [9.17, 15) is 19.5 Å². The molecule has 0 aromatic heterocycles. The van der Waals surface area contributed by atoms with Gasteiger partial charge in [-0.2, -0.15) is 0 Å². The number of rotatable bonds is 6. The molecule has 8 heteroatoms. The largest absolute Gasteiger partial charge is 0.548 e. The molecule has 5 rings (SSSR count). The first-order valence-electron chi connectivity index (χ1n) is 12.0. The smallest absolute Gasteiger partial charge is 0.161 e. The number of hydrogen-bond acceptors (Lipinski definition) is 6. The van der Waals surface area contributed by atoms with Crippen molar-refractivity contribution in [3.63, 3.8) is 0 Å². The fourth-order valence-electron chi connectivity index (χ4n) is 5.47. The standard InChI is InChI=1S/C28H25Cl2NO5/c29-17-9-7-16(8-10-17)15-36-24-12-11-18(30)13-19(24)26-27-20(3-1-5-22(27)32)31(14-25(34)35)21-4-2-6-23(33)28(21)26/h7-13,26H,1-6,14-15H2,(H,34,35)/p-1. The first-order valence-corrected chi connectivity index (χ1v) is 12.8. The summed E-state index contributed by atoms with van der Waals surface area (Å²) in [7, 11) is 0. The van der Waals surface area contributed by atoms with Crippen molar-refractivity contribution >= 4 is 40.7 Å². The Bertz CT molecular complexity index is 1270. The molecule has 186 valence electrons. The molecule has 0 radical (unpaired) electrons.